The standard InChI is InChI=1S/C14H14N4O2S/c1-10-6-2-3-7-11(10)15-14(21)17-16-12-8-4-5-9-13(12)18(19)20/h2-9,16H,1H3,(H2,15,17,21). The van der Waals surface area contributed by atoms with E-state index in [1.165, 1.54) is 6.07 Å². The van der Waals surface area contributed by atoms with Gasteiger partial charge in [-0.3, -0.25) is 21.0 Å². The number of thiocarbonyl (C=S) groups is 1. The second-order valence-electron chi connectivity index (χ2n) is 4.29. The minimum atomic E-state index is -0.457. The summed E-state index contributed by atoms with van der Waals surface area (Å²) in [5.41, 5.74) is 7.72. The number of nitrogens with one attached hydrogen (secondary N) is 3. The van der Waals surface area contributed by atoms with Gasteiger partial charge in [-0.2, -0.15) is 0 Å². The number of hydrogen-bond donors (Lipinski definition) is 3. The minimum absolute atomic E-state index is 0.0244. The molecule has 0 saturated carbocycles. The Labute approximate surface area is 127 Å². The highest BCUT2D eigenvalue weighted by molar-refractivity contribution is 7.80. The fourth-order valence-corrected chi connectivity index (χ4v) is 1.89. The molecule has 2 aromatic rings. The first-order chi connectivity index (χ1) is 10.1. The first-order valence-electron chi connectivity index (χ1n) is 6.20. The molecule has 0 heterocycles. The van der Waals surface area contributed by atoms with E-state index in [0.717, 1.165) is 11.3 Å². The fourth-order valence-electron chi connectivity index (χ4n) is 1.73. The zero-order valence-electron chi connectivity index (χ0n) is 11.3. The minimum Gasteiger partial charge on any atom is -0.331 e. The number of anilines is 2. The van der Waals surface area contributed by atoms with E-state index >= 15 is 0 Å². The average molecular weight is 302 g/mol. The molecule has 6 nitrogen and oxygen atoms in total. The molecule has 0 spiro atoms. The van der Waals surface area contributed by atoms with Crippen molar-refractivity contribution in [2.45, 2.75) is 6.92 Å². The molecule has 0 unspecified atom stereocenters. The van der Waals surface area contributed by atoms with Crippen molar-refractivity contribution in [2.75, 3.05) is 10.7 Å². The van der Waals surface area contributed by atoms with Crippen LogP contribution in [0.4, 0.5) is 17.1 Å². The number of nitro groups is 1. The lowest BCUT2D eigenvalue weighted by Gasteiger charge is -2.13. The zero-order valence-corrected chi connectivity index (χ0v) is 12.1. The molecule has 3 N–H and O–H groups in total. The molecule has 0 aromatic heterocycles. The van der Waals surface area contributed by atoms with Gasteiger partial charge >= 0.3 is 0 Å². The molecule has 108 valence electrons. The number of benzene rings is 2. The van der Waals surface area contributed by atoms with Gasteiger partial charge in [0, 0.05) is 11.8 Å². The highest BCUT2D eigenvalue weighted by Crippen LogP contribution is 2.22. The monoisotopic (exact) mass is 302 g/mol. The predicted molar refractivity (Wildman–Crippen MR) is 87.3 cm³/mol. The van der Waals surface area contributed by atoms with Gasteiger partial charge in [-0.15, -0.1) is 0 Å². The van der Waals surface area contributed by atoms with E-state index in [0.29, 0.717) is 10.8 Å². The summed E-state index contributed by atoms with van der Waals surface area (Å²) in [6, 6.07) is 14.0. The Kier molecular flexibility index (Phi) is 4.68. The molecular weight excluding hydrogens is 288 g/mol. The smallest absolute Gasteiger partial charge is 0.294 e. The maximum Gasteiger partial charge on any atom is 0.294 e. The molecule has 0 atom stereocenters. The van der Waals surface area contributed by atoms with E-state index in [1.807, 2.05) is 31.2 Å². The molecule has 0 bridgehead atoms. The van der Waals surface area contributed by atoms with E-state index in [9.17, 15) is 10.1 Å². The van der Waals surface area contributed by atoms with Crippen molar-refractivity contribution in [3.05, 3.63) is 64.2 Å². The second kappa shape index (κ2) is 6.67. The third-order valence-corrected chi connectivity index (χ3v) is 3.01. The molecule has 2 aromatic carbocycles. The molecule has 0 aliphatic rings. The number of nitro benzene ring substituents is 1. The van der Waals surface area contributed by atoms with Gasteiger partial charge < -0.3 is 5.32 Å². The van der Waals surface area contributed by atoms with Crippen molar-refractivity contribution >= 4 is 34.4 Å². The van der Waals surface area contributed by atoms with Crippen LogP contribution in [0.25, 0.3) is 0 Å². The summed E-state index contributed by atoms with van der Waals surface area (Å²) in [6.45, 7) is 1.96. The zero-order chi connectivity index (χ0) is 15.2. The first-order valence-corrected chi connectivity index (χ1v) is 6.61. The Morgan fingerprint density at radius 2 is 1.71 bits per heavy atom. The lowest BCUT2D eigenvalue weighted by molar-refractivity contribution is -0.384. The largest absolute Gasteiger partial charge is 0.331 e. The molecule has 0 fully saturated rings. The average Bonchev–Trinajstić information content (AvgIpc) is 2.48. The van der Waals surface area contributed by atoms with Crippen LogP contribution in [0.3, 0.4) is 0 Å². The van der Waals surface area contributed by atoms with Crippen molar-refractivity contribution in [3.63, 3.8) is 0 Å². The number of para-hydroxylation sites is 3. The van der Waals surface area contributed by atoms with Crippen LogP contribution in [0.15, 0.2) is 48.5 Å². The molecular formula is C14H14N4O2S. The lowest BCUT2D eigenvalue weighted by atomic mass is 10.2. The maximum atomic E-state index is 10.9. The van der Waals surface area contributed by atoms with Crippen LogP contribution in [0.5, 0.6) is 0 Å². The summed E-state index contributed by atoms with van der Waals surface area (Å²) in [5, 5.41) is 14.2. The summed E-state index contributed by atoms with van der Waals surface area (Å²) < 4.78 is 0. The van der Waals surface area contributed by atoms with Gasteiger partial charge in [-0.05, 0) is 36.8 Å². The van der Waals surface area contributed by atoms with E-state index in [2.05, 4.69) is 16.2 Å². The Bertz CT molecular complexity index is 676. The van der Waals surface area contributed by atoms with Gasteiger partial charge in [0.1, 0.15) is 5.69 Å². The summed E-state index contributed by atoms with van der Waals surface area (Å²) in [7, 11) is 0. The molecule has 0 aliphatic heterocycles. The number of hydrogen-bond acceptors (Lipinski definition) is 4. The summed E-state index contributed by atoms with van der Waals surface area (Å²) in [5.74, 6) is 0. The van der Waals surface area contributed by atoms with Crippen molar-refractivity contribution in [3.8, 4) is 0 Å². The van der Waals surface area contributed by atoms with Crippen LogP contribution in [0.2, 0.25) is 0 Å². The summed E-state index contributed by atoms with van der Waals surface area (Å²) in [6.07, 6.45) is 0. The normalized spacial score (nSPS) is 9.76. The third-order valence-electron chi connectivity index (χ3n) is 2.80. The number of rotatable bonds is 4. The SMILES string of the molecule is Cc1ccccc1NC(=S)NNc1ccccc1[N+](=O)[O-]. The van der Waals surface area contributed by atoms with Gasteiger partial charge in [-0.1, -0.05) is 30.3 Å². The Balaban J connectivity index is 1.99. The highest BCUT2D eigenvalue weighted by Gasteiger charge is 2.12. The number of nitrogens with zero attached hydrogens (tertiary/aromatic N) is 1. The van der Waals surface area contributed by atoms with Crippen LogP contribution in [0.1, 0.15) is 5.56 Å². The van der Waals surface area contributed by atoms with Gasteiger partial charge in [0.25, 0.3) is 5.69 Å². The van der Waals surface area contributed by atoms with Crippen molar-refractivity contribution in [2.24, 2.45) is 0 Å². The number of hydrazine groups is 1. The van der Waals surface area contributed by atoms with Gasteiger partial charge in [0.05, 0.1) is 4.92 Å². The van der Waals surface area contributed by atoms with E-state index in [1.54, 1.807) is 18.2 Å². The topological polar surface area (TPSA) is 79.2 Å². The van der Waals surface area contributed by atoms with E-state index in [-0.39, 0.29) is 5.69 Å². The summed E-state index contributed by atoms with van der Waals surface area (Å²) in [4.78, 5) is 10.4. The van der Waals surface area contributed by atoms with Crippen molar-refractivity contribution < 1.29 is 4.92 Å². The van der Waals surface area contributed by atoms with Crippen LogP contribution < -0.4 is 16.2 Å². The van der Waals surface area contributed by atoms with E-state index < -0.39 is 4.92 Å². The molecule has 2 rings (SSSR count). The predicted octanol–water partition coefficient (Wildman–Crippen LogP) is 3.22. The molecule has 21 heavy (non-hydrogen) atoms. The van der Waals surface area contributed by atoms with Crippen LogP contribution >= 0.6 is 12.2 Å². The molecule has 0 amide bonds. The first kappa shape index (κ1) is 14.7. The quantitative estimate of drug-likeness (QED) is 0.457. The molecule has 0 radical (unpaired) electrons. The highest BCUT2D eigenvalue weighted by atomic mass is 32.1. The molecule has 0 saturated heterocycles. The van der Waals surface area contributed by atoms with Gasteiger partial charge in [0.15, 0.2) is 5.11 Å². The third kappa shape index (κ3) is 3.90. The Morgan fingerprint density at radius 1 is 1.10 bits per heavy atom. The van der Waals surface area contributed by atoms with Crippen LogP contribution in [-0.4, -0.2) is 10.0 Å². The van der Waals surface area contributed by atoms with Crippen LogP contribution in [-0.2, 0) is 0 Å². The summed E-state index contributed by atoms with van der Waals surface area (Å²) >= 11 is 5.15. The van der Waals surface area contributed by atoms with Crippen LogP contribution in [0, 0.1) is 17.0 Å². The Hall–Kier alpha value is -2.67. The Morgan fingerprint density at radius 3 is 2.38 bits per heavy atom. The lowest BCUT2D eigenvalue weighted by Crippen LogP contribution is -2.33. The van der Waals surface area contributed by atoms with Gasteiger partial charge in [-0.25, -0.2) is 0 Å². The molecule has 0 aliphatic carbocycles. The van der Waals surface area contributed by atoms with Crippen molar-refractivity contribution in [1.29, 1.82) is 0 Å². The van der Waals surface area contributed by atoms with Gasteiger partial charge in [0.2, 0.25) is 0 Å². The molecule has 7 heteroatoms. The number of aryl methyl sites for hydroxylation is 1. The fraction of sp³-hybridized carbons (Fsp3) is 0.0714. The van der Waals surface area contributed by atoms with Crippen molar-refractivity contribution in [1.82, 2.24) is 5.43 Å². The van der Waals surface area contributed by atoms with E-state index in [4.69, 9.17) is 12.2 Å². The maximum absolute atomic E-state index is 10.9. The second-order valence-corrected chi connectivity index (χ2v) is 4.70.